The molecule has 1 unspecified atom stereocenters. The Kier molecular flexibility index (Phi) is 3.23. The molecule has 0 aliphatic carbocycles. The van der Waals surface area contributed by atoms with Crippen molar-refractivity contribution in [3.63, 3.8) is 0 Å². The zero-order valence-electron chi connectivity index (χ0n) is 6.24. The molecule has 0 heterocycles. The van der Waals surface area contributed by atoms with Crippen LogP contribution in [0.5, 0.6) is 0 Å². The third-order valence-corrected chi connectivity index (χ3v) is 1.05. The first-order valence-electron chi connectivity index (χ1n) is 2.95. The minimum atomic E-state index is -1.20. The van der Waals surface area contributed by atoms with Gasteiger partial charge in [0.05, 0.1) is 0 Å². The molecular weight excluding hydrogens is 150 g/mol. The number of nitrogens with zero attached hydrogens (tertiary/aromatic N) is 1. The highest BCUT2D eigenvalue weighted by molar-refractivity contribution is 6.34. The molecule has 0 saturated carbocycles. The summed E-state index contributed by atoms with van der Waals surface area (Å²) in [5.41, 5.74) is -0.195. The molecule has 0 aliphatic heterocycles. The monoisotopic (exact) mass is 159 g/mol. The van der Waals surface area contributed by atoms with E-state index in [1.165, 1.54) is 13.8 Å². The molecule has 0 radical (unpaired) electrons. The summed E-state index contributed by atoms with van der Waals surface area (Å²) in [6, 6.07) is -0.994. The first-order valence-corrected chi connectivity index (χ1v) is 2.95. The summed E-state index contributed by atoms with van der Waals surface area (Å²) < 4.78 is 0. The van der Waals surface area contributed by atoms with Gasteiger partial charge in [-0.15, -0.1) is 0 Å². The number of carboxylic acid groups (broad SMARTS) is 2. The van der Waals surface area contributed by atoms with Gasteiger partial charge in [-0.25, -0.2) is 9.59 Å². The second-order valence-corrected chi connectivity index (χ2v) is 2.03. The van der Waals surface area contributed by atoms with Crippen LogP contribution < -0.4 is 0 Å². The van der Waals surface area contributed by atoms with Crippen molar-refractivity contribution in [2.24, 2.45) is 4.99 Å². The molecule has 11 heavy (non-hydrogen) atoms. The lowest BCUT2D eigenvalue weighted by molar-refractivity contribution is -0.137. The highest BCUT2D eigenvalue weighted by Gasteiger charge is 2.10. The van der Waals surface area contributed by atoms with Crippen LogP contribution in [-0.2, 0) is 9.59 Å². The van der Waals surface area contributed by atoms with E-state index in [1.54, 1.807) is 0 Å². The van der Waals surface area contributed by atoms with Crippen LogP contribution in [0.15, 0.2) is 4.99 Å². The Labute approximate surface area is 63.4 Å². The average molecular weight is 159 g/mol. The summed E-state index contributed by atoms with van der Waals surface area (Å²) in [4.78, 5) is 23.7. The maximum absolute atomic E-state index is 10.2. The molecule has 2 N–H and O–H groups in total. The normalized spacial score (nSPS) is 14.2. The fraction of sp³-hybridized carbons (Fsp3) is 0.500. The number of hydrogen-bond donors (Lipinski definition) is 2. The second-order valence-electron chi connectivity index (χ2n) is 2.03. The van der Waals surface area contributed by atoms with Gasteiger partial charge in [-0.05, 0) is 13.8 Å². The van der Waals surface area contributed by atoms with E-state index in [0.717, 1.165) is 0 Å². The average Bonchev–Trinajstić information content (AvgIpc) is 1.87. The number of carboxylic acids is 2. The molecule has 5 nitrogen and oxygen atoms in total. The van der Waals surface area contributed by atoms with Gasteiger partial charge in [-0.3, -0.25) is 4.99 Å². The lowest BCUT2D eigenvalue weighted by Crippen LogP contribution is -2.18. The zero-order valence-corrected chi connectivity index (χ0v) is 6.24. The summed E-state index contributed by atoms with van der Waals surface area (Å²) >= 11 is 0. The topological polar surface area (TPSA) is 87.0 Å². The maximum atomic E-state index is 10.2. The Morgan fingerprint density at radius 3 is 2.09 bits per heavy atom. The van der Waals surface area contributed by atoms with Gasteiger partial charge in [0.15, 0.2) is 0 Å². The smallest absolute Gasteiger partial charge is 0.349 e. The van der Waals surface area contributed by atoms with E-state index < -0.39 is 18.0 Å². The first-order chi connectivity index (χ1) is 4.95. The first kappa shape index (κ1) is 9.61. The van der Waals surface area contributed by atoms with Gasteiger partial charge in [0.1, 0.15) is 11.8 Å². The van der Waals surface area contributed by atoms with Crippen LogP contribution in [0.3, 0.4) is 0 Å². The van der Waals surface area contributed by atoms with E-state index in [1.807, 2.05) is 0 Å². The van der Waals surface area contributed by atoms with Gasteiger partial charge in [0.2, 0.25) is 0 Å². The second kappa shape index (κ2) is 3.70. The van der Waals surface area contributed by atoms with Crippen LogP contribution in [0.1, 0.15) is 13.8 Å². The Hall–Kier alpha value is -1.39. The molecule has 0 rings (SSSR count). The number of carbonyl (C=O) groups is 2. The van der Waals surface area contributed by atoms with Gasteiger partial charge in [0.25, 0.3) is 0 Å². The van der Waals surface area contributed by atoms with Crippen molar-refractivity contribution in [3.05, 3.63) is 0 Å². The fourth-order valence-electron chi connectivity index (χ4n) is 0.401. The summed E-state index contributed by atoms with van der Waals surface area (Å²) in [6.45, 7) is 2.57. The SMILES string of the molecule is C/C(=N\C(C)C(=O)O)C(=O)O. The molecule has 0 aliphatic rings. The van der Waals surface area contributed by atoms with Crippen LogP contribution in [0.25, 0.3) is 0 Å². The summed E-state index contributed by atoms with van der Waals surface area (Å²) in [6.07, 6.45) is 0. The fourth-order valence-corrected chi connectivity index (χ4v) is 0.401. The molecule has 0 aromatic rings. The minimum absolute atomic E-state index is 0.195. The number of hydrogen-bond acceptors (Lipinski definition) is 3. The third-order valence-electron chi connectivity index (χ3n) is 1.05. The van der Waals surface area contributed by atoms with Crippen molar-refractivity contribution in [2.45, 2.75) is 19.9 Å². The number of aliphatic carboxylic acids is 2. The standard InChI is InChI=1S/C6H9NO4/c1-3(5(8)9)7-4(2)6(10)11/h3H,1-2H3,(H,8,9)(H,10,11)/b7-4+. The maximum Gasteiger partial charge on any atom is 0.349 e. The molecule has 5 heteroatoms. The van der Waals surface area contributed by atoms with Gasteiger partial charge in [0, 0.05) is 0 Å². The highest BCUT2D eigenvalue weighted by atomic mass is 16.4. The molecule has 1 atom stereocenters. The number of aliphatic imine (C=N–C) groups is 1. The van der Waals surface area contributed by atoms with Gasteiger partial charge < -0.3 is 10.2 Å². The van der Waals surface area contributed by atoms with Crippen molar-refractivity contribution in [1.82, 2.24) is 0 Å². The van der Waals surface area contributed by atoms with Crippen LogP contribution in [0, 0.1) is 0 Å². The van der Waals surface area contributed by atoms with E-state index in [4.69, 9.17) is 10.2 Å². The highest BCUT2D eigenvalue weighted by Crippen LogP contribution is 1.90. The summed E-state index contributed by atoms with van der Waals surface area (Å²) in [7, 11) is 0. The molecule has 0 aromatic heterocycles. The van der Waals surface area contributed by atoms with Crippen molar-refractivity contribution >= 4 is 17.7 Å². The Balaban J connectivity index is 4.31. The van der Waals surface area contributed by atoms with Crippen LogP contribution in [0.4, 0.5) is 0 Å². The van der Waals surface area contributed by atoms with E-state index in [-0.39, 0.29) is 5.71 Å². The van der Waals surface area contributed by atoms with Crippen molar-refractivity contribution in [1.29, 1.82) is 0 Å². The van der Waals surface area contributed by atoms with Gasteiger partial charge >= 0.3 is 11.9 Å². The predicted octanol–water partition coefficient (Wildman–Crippen LogP) is 0.00500. The molecule has 0 fully saturated rings. The van der Waals surface area contributed by atoms with Crippen molar-refractivity contribution in [2.75, 3.05) is 0 Å². The lowest BCUT2D eigenvalue weighted by atomic mass is 10.3. The number of rotatable bonds is 3. The van der Waals surface area contributed by atoms with Gasteiger partial charge in [-0.2, -0.15) is 0 Å². The van der Waals surface area contributed by atoms with E-state index in [9.17, 15) is 9.59 Å². The zero-order chi connectivity index (χ0) is 9.02. The molecule has 0 amide bonds. The van der Waals surface area contributed by atoms with E-state index in [2.05, 4.69) is 4.99 Å². The van der Waals surface area contributed by atoms with Crippen LogP contribution in [0.2, 0.25) is 0 Å². The van der Waals surface area contributed by atoms with Crippen LogP contribution in [-0.4, -0.2) is 33.9 Å². The largest absolute Gasteiger partial charge is 0.480 e. The Morgan fingerprint density at radius 2 is 1.82 bits per heavy atom. The molecule has 0 spiro atoms. The molecular formula is C6H9NO4. The molecule has 62 valence electrons. The van der Waals surface area contributed by atoms with Gasteiger partial charge in [-0.1, -0.05) is 0 Å². The van der Waals surface area contributed by atoms with Crippen molar-refractivity contribution < 1.29 is 19.8 Å². The molecule has 0 aromatic carbocycles. The van der Waals surface area contributed by atoms with E-state index >= 15 is 0 Å². The predicted molar refractivity (Wildman–Crippen MR) is 37.8 cm³/mol. The van der Waals surface area contributed by atoms with Crippen LogP contribution >= 0.6 is 0 Å². The lowest BCUT2D eigenvalue weighted by Gasteiger charge is -1.98. The quantitative estimate of drug-likeness (QED) is 0.567. The molecule has 0 bridgehead atoms. The third kappa shape index (κ3) is 3.34. The Bertz CT molecular complexity index is 209. The summed E-state index contributed by atoms with van der Waals surface area (Å²) in [5.74, 6) is -2.33. The van der Waals surface area contributed by atoms with E-state index in [0.29, 0.717) is 0 Å². The molecule has 0 saturated heterocycles. The Morgan fingerprint density at radius 1 is 1.36 bits per heavy atom. The van der Waals surface area contributed by atoms with Crippen molar-refractivity contribution in [3.8, 4) is 0 Å². The minimum Gasteiger partial charge on any atom is -0.480 e. The summed E-state index contributed by atoms with van der Waals surface area (Å²) in [5, 5.41) is 16.6.